The van der Waals surface area contributed by atoms with Gasteiger partial charge in [0, 0.05) is 31.9 Å². The molecule has 1 aliphatic carbocycles. The molecule has 0 atom stereocenters. The monoisotopic (exact) mass is 329 g/mol. The minimum Gasteiger partial charge on any atom is -0.378 e. The normalized spacial score (nSPS) is 13.1. The summed E-state index contributed by atoms with van der Waals surface area (Å²) in [6, 6.07) is 17.4. The summed E-state index contributed by atoms with van der Waals surface area (Å²) in [5, 5.41) is 0. The molecule has 0 radical (unpaired) electrons. The molecule has 126 valence electrons. The lowest BCUT2D eigenvalue weighted by molar-refractivity contribution is -0.462. The fraction of sp³-hybridized carbons (Fsp3) is 0.174. The van der Waals surface area contributed by atoms with Crippen molar-refractivity contribution in [3.8, 4) is 11.1 Å². The Balaban J connectivity index is 1.77. The van der Waals surface area contributed by atoms with Crippen molar-refractivity contribution in [3.05, 3.63) is 84.0 Å². The zero-order chi connectivity index (χ0) is 17.8. The summed E-state index contributed by atoms with van der Waals surface area (Å²) in [5.41, 5.74) is 7.35. The van der Waals surface area contributed by atoms with E-state index < -0.39 is 0 Å². The smallest absolute Gasteiger partial charge is 0.199 e. The summed E-state index contributed by atoms with van der Waals surface area (Å²) in [6.45, 7) is 0. The predicted molar refractivity (Wildman–Crippen MR) is 110 cm³/mol. The second kappa shape index (κ2) is 7.35. The molecular weight excluding hydrogens is 304 g/mol. The third kappa shape index (κ3) is 4.16. The minimum atomic E-state index is 1.21. The molecule has 0 amide bonds. The average Bonchev–Trinajstić information content (AvgIpc) is 2.63. The van der Waals surface area contributed by atoms with Gasteiger partial charge in [0.15, 0.2) is 5.71 Å². The molecule has 0 saturated heterocycles. The first-order valence-corrected chi connectivity index (χ1v) is 8.53. The number of hydrogen-bond acceptors (Lipinski definition) is 1. The highest BCUT2D eigenvalue weighted by Crippen LogP contribution is 2.23. The van der Waals surface area contributed by atoms with E-state index in [1.807, 2.05) is 0 Å². The highest BCUT2D eigenvalue weighted by molar-refractivity contribution is 6.02. The lowest BCUT2D eigenvalue weighted by atomic mass is 10.0. The van der Waals surface area contributed by atoms with E-state index in [-0.39, 0.29) is 0 Å². The van der Waals surface area contributed by atoms with Crippen LogP contribution in [0.15, 0.2) is 78.4 Å². The van der Waals surface area contributed by atoms with Gasteiger partial charge >= 0.3 is 0 Å². The van der Waals surface area contributed by atoms with Gasteiger partial charge in [0.25, 0.3) is 0 Å². The predicted octanol–water partition coefficient (Wildman–Crippen LogP) is 4.64. The first-order chi connectivity index (χ1) is 12.0. The molecule has 25 heavy (non-hydrogen) atoms. The molecule has 2 heteroatoms. The molecule has 0 N–H and O–H groups in total. The fourth-order valence-corrected chi connectivity index (χ4v) is 2.78. The molecule has 0 fully saturated rings. The fourth-order valence-electron chi connectivity index (χ4n) is 2.78. The SMILES string of the molecule is CN(C)c1ccc(-c2ccc(C=C3C=CC(=[N+](C)C)C=C3)cc2)cc1. The Labute approximate surface area is 150 Å². The molecule has 0 heterocycles. The summed E-state index contributed by atoms with van der Waals surface area (Å²) < 4.78 is 2.11. The maximum absolute atomic E-state index is 2.21. The van der Waals surface area contributed by atoms with Crippen molar-refractivity contribution < 1.29 is 4.58 Å². The van der Waals surface area contributed by atoms with Crippen LogP contribution >= 0.6 is 0 Å². The first kappa shape index (κ1) is 17.0. The van der Waals surface area contributed by atoms with Crippen molar-refractivity contribution in [1.82, 2.24) is 0 Å². The van der Waals surface area contributed by atoms with Gasteiger partial charge in [0.1, 0.15) is 14.1 Å². The van der Waals surface area contributed by atoms with E-state index in [0.29, 0.717) is 0 Å². The Morgan fingerprint density at radius 1 is 0.720 bits per heavy atom. The van der Waals surface area contributed by atoms with Gasteiger partial charge in [-0.25, -0.2) is 4.58 Å². The summed E-state index contributed by atoms with van der Waals surface area (Å²) in [5.74, 6) is 0. The summed E-state index contributed by atoms with van der Waals surface area (Å²) in [6.07, 6.45) is 10.8. The first-order valence-electron chi connectivity index (χ1n) is 8.53. The Bertz CT molecular complexity index is 839. The molecule has 2 aromatic rings. The lowest BCUT2D eigenvalue weighted by Gasteiger charge is -2.12. The molecule has 1 aliphatic rings. The van der Waals surface area contributed by atoms with Crippen molar-refractivity contribution >= 4 is 17.5 Å². The molecule has 0 aromatic heterocycles. The van der Waals surface area contributed by atoms with Crippen LogP contribution in [-0.4, -0.2) is 38.5 Å². The van der Waals surface area contributed by atoms with Crippen molar-refractivity contribution in [3.63, 3.8) is 0 Å². The summed E-state index contributed by atoms with van der Waals surface area (Å²) >= 11 is 0. The van der Waals surface area contributed by atoms with E-state index in [9.17, 15) is 0 Å². The molecule has 0 bridgehead atoms. The van der Waals surface area contributed by atoms with Gasteiger partial charge in [0.2, 0.25) is 0 Å². The second-order valence-corrected chi connectivity index (χ2v) is 6.69. The van der Waals surface area contributed by atoms with Gasteiger partial charge in [0.05, 0.1) is 0 Å². The van der Waals surface area contributed by atoms with E-state index in [0.717, 1.165) is 0 Å². The van der Waals surface area contributed by atoms with Crippen LogP contribution in [0.2, 0.25) is 0 Å². The molecule has 0 spiro atoms. The maximum Gasteiger partial charge on any atom is 0.199 e. The summed E-state index contributed by atoms with van der Waals surface area (Å²) in [7, 11) is 8.24. The molecular formula is C23H25N2+. The van der Waals surface area contributed by atoms with Gasteiger partial charge in [-0.1, -0.05) is 36.4 Å². The zero-order valence-corrected chi connectivity index (χ0v) is 15.4. The molecule has 2 nitrogen and oxygen atoms in total. The third-order valence-electron chi connectivity index (χ3n) is 4.37. The Kier molecular flexibility index (Phi) is 4.99. The van der Waals surface area contributed by atoms with E-state index in [1.165, 1.54) is 33.7 Å². The Morgan fingerprint density at radius 3 is 1.72 bits per heavy atom. The average molecular weight is 329 g/mol. The van der Waals surface area contributed by atoms with Crippen LogP contribution in [0.1, 0.15) is 5.56 Å². The minimum absolute atomic E-state index is 1.21. The van der Waals surface area contributed by atoms with Gasteiger partial charge in [-0.15, -0.1) is 0 Å². The van der Waals surface area contributed by atoms with Crippen molar-refractivity contribution in [2.45, 2.75) is 0 Å². The highest BCUT2D eigenvalue weighted by atomic mass is 15.1. The quantitative estimate of drug-likeness (QED) is 0.743. The second-order valence-electron chi connectivity index (χ2n) is 6.69. The van der Waals surface area contributed by atoms with Crippen LogP contribution in [0.3, 0.4) is 0 Å². The van der Waals surface area contributed by atoms with Crippen LogP contribution in [-0.2, 0) is 0 Å². The standard InChI is InChI=1S/C23H25N2/c1-24(2)22-13-7-19(8-14-22)17-18-5-9-20(10-6-18)21-11-15-23(16-12-21)25(3)4/h5-17H,1-4H3/q+1. The molecule has 3 rings (SSSR count). The largest absolute Gasteiger partial charge is 0.378 e. The van der Waals surface area contributed by atoms with Gasteiger partial charge < -0.3 is 4.90 Å². The topological polar surface area (TPSA) is 6.25 Å². The maximum atomic E-state index is 2.21. The number of rotatable bonds is 3. The molecule has 2 aromatic carbocycles. The van der Waals surface area contributed by atoms with Crippen LogP contribution in [0, 0.1) is 0 Å². The number of benzene rings is 2. The van der Waals surface area contributed by atoms with Crippen molar-refractivity contribution in [1.29, 1.82) is 0 Å². The van der Waals surface area contributed by atoms with Crippen LogP contribution in [0.5, 0.6) is 0 Å². The molecule has 0 aliphatic heterocycles. The van der Waals surface area contributed by atoms with Gasteiger partial charge in [-0.3, -0.25) is 0 Å². The number of anilines is 1. The number of allylic oxidation sites excluding steroid dienone is 5. The van der Waals surface area contributed by atoms with E-state index in [1.54, 1.807) is 0 Å². The van der Waals surface area contributed by atoms with Crippen molar-refractivity contribution in [2.75, 3.05) is 33.1 Å². The summed E-state index contributed by atoms with van der Waals surface area (Å²) in [4.78, 5) is 2.11. The van der Waals surface area contributed by atoms with Crippen LogP contribution in [0.25, 0.3) is 17.2 Å². The van der Waals surface area contributed by atoms with E-state index in [2.05, 4.69) is 117 Å². The van der Waals surface area contributed by atoms with Gasteiger partial charge in [-0.2, -0.15) is 0 Å². The van der Waals surface area contributed by atoms with Crippen LogP contribution < -0.4 is 4.90 Å². The van der Waals surface area contributed by atoms with Crippen LogP contribution in [0.4, 0.5) is 5.69 Å². The van der Waals surface area contributed by atoms with E-state index >= 15 is 0 Å². The van der Waals surface area contributed by atoms with Crippen molar-refractivity contribution in [2.24, 2.45) is 0 Å². The van der Waals surface area contributed by atoms with E-state index in [4.69, 9.17) is 0 Å². The third-order valence-corrected chi connectivity index (χ3v) is 4.37. The van der Waals surface area contributed by atoms with Gasteiger partial charge in [-0.05, 0) is 52.6 Å². The number of nitrogens with zero attached hydrogens (tertiary/aromatic N) is 2. The zero-order valence-electron chi connectivity index (χ0n) is 15.4. The lowest BCUT2D eigenvalue weighted by Crippen LogP contribution is -2.09. The highest BCUT2D eigenvalue weighted by Gasteiger charge is 2.04. The Morgan fingerprint density at radius 2 is 1.24 bits per heavy atom. The number of hydrogen-bond donors (Lipinski definition) is 0. The Hall–Kier alpha value is -2.87. The molecule has 0 saturated carbocycles. The molecule has 0 unspecified atom stereocenters.